The lowest BCUT2D eigenvalue weighted by molar-refractivity contribution is -0.117. The number of benzene rings is 1. The second-order valence-electron chi connectivity index (χ2n) is 4.21. The number of amides is 1. The van der Waals surface area contributed by atoms with Gasteiger partial charge < -0.3 is 10.1 Å². The molecule has 0 saturated carbocycles. The van der Waals surface area contributed by atoms with E-state index in [4.69, 9.17) is 4.74 Å². The predicted octanol–water partition coefficient (Wildman–Crippen LogP) is 2.73. The Bertz CT molecular complexity index is 471. The van der Waals surface area contributed by atoms with Crippen LogP contribution in [0.2, 0.25) is 0 Å². The first-order valence-corrected chi connectivity index (χ1v) is 6.06. The van der Waals surface area contributed by atoms with E-state index in [9.17, 15) is 9.18 Å². The van der Waals surface area contributed by atoms with Crippen molar-refractivity contribution >= 4 is 5.91 Å². The van der Waals surface area contributed by atoms with Crippen LogP contribution in [-0.2, 0) is 4.79 Å². The molecule has 1 heterocycles. The number of hydrogen-bond donors (Lipinski definition) is 1. The number of hydrogen-bond acceptors (Lipinski definition) is 2. The van der Waals surface area contributed by atoms with Gasteiger partial charge in [-0.2, -0.15) is 0 Å². The highest BCUT2D eigenvalue weighted by Crippen LogP contribution is 2.33. The summed E-state index contributed by atoms with van der Waals surface area (Å²) >= 11 is 0. The van der Waals surface area contributed by atoms with Gasteiger partial charge in [-0.05, 0) is 31.9 Å². The minimum atomic E-state index is -0.375. The molecule has 0 radical (unpaired) electrons. The zero-order chi connectivity index (χ0) is 13.0. The van der Waals surface area contributed by atoms with Crippen LogP contribution in [0, 0.1) is 5.82 Å². The highest BCUT2D eigenvalue weighted by Gasteiger charge is 2.22. The molecule has 96 valence electrons. The first-order chi connectivity index (χ1) is 8.72. The second-order valence-corrected chi connectivity index (χ2v) is 4.21. The van der Waals surface area contributed by atoms with E-state index in [-0.39, 0.29) is 23.5 Å². The van der Waals surface area contributed by atoms with Gasteiger partial charge in [0.05, 0.1) is 12.6 Å². The molecule has 1 aromatic rings. The Morgan fingerprint density at radius 1 is 1.56 bits per heavy atom. The Labute approximate surface area is 106 Å². The quantitative estimate of drug-likeness (QED) is 0.818. The van der Waals surface area contributed by atoms with Crippen LogP contribution in [-0.4, -0.2) is 12.5 Å². The summed E-state index contributed by atoms with van der Waals surface area (Å²) in [5.41, 5.74) is 0.713. The maximum Gasteiger partial charge on any atom is 0.244 e. The van der Waals surface area contributed by atoms with Crippen molar-refractivity contribution < 1.29 is 13.9 Å². The molecule has 1 amide bonds. The number of halogens is 1. The number of allylic oxidation sites excluding steroid dienone is 1. The zero-order valence-electron chi connectivity index (χ0n) is 10.3. The number of ether oxygens (including phenoxy) is 1. The molecule has 18 heavy (non-hydrogen) atoms. The molecule has 1 aliphatic rings. The molecule has 4 heteroatoms. The number of rotatable bonds is 2. The smallest absolute Gasteiger partial charge is 0.244 e. The third-order valence-electron chi connectivity index (χ3n) is 2.89. The van der Waals surface area contributed by atoms with E-state index in [1.54, 1.807) is 25.1 Å². The van der Waals surface area contributed by atoms with Crippen molar-refractivity contribution in [3.05, 3.63) is 41.7 Å². The van der Waals surface area contributed by atoms with Gasteiger partial charge in [0.2, 0.25) is 5.91 Å². The Balaban J connectivity index is 2.27. The van der Waals surface area contributed by atoms with E-state index in [0.29, 0.717) is 12.2 Å². The lowest BCUT2D eigenvalue weighted by Crippen LogP contribution is -2.26. The largest absolute Gasteiger partial charge is 0.490 e. The summed E-state index contributed by atoms with van der Waals surface area (Å²) in [6.07, 6.45) is 4.67. The average molecular weight is 249 g/mol. The van der Waals surface area contributed by atoms with Crippen molar-refractivity contribution in [3.63, 3.8) is 0 Å². The van der Waals surface area contributed by atoms with Crippen molar-refractivity contribution in [2.75, 3.05) is 6.61 Å². The standard InChI is InChI=1S/C14H16FNO2/c1-2-5-13(17)16-12-8-4-9-18-14-10(12)6-3-7-11(14)15/h2-3,5-7,12H,4,8-9H2,1H3,(H,16,17)/b5-2+. The van der Waals surface area contributed by atoms with Crippen LogP contribution in [0.1, 0.15) is 31.4 Å². The fourth-order valence-electron chi connectivity index (χ4n) is 2.09. The van der Waals surface area contributed by atoms with Crippen molar-refractivity contribution in [2.45, 2.75) is 25.8 Å². The molecule has 0 aromatic heterocycles. The van der Waals surface area contributed by atoms with Crippen LogP contribution >= 0.6 is 0 Å². The van der Waals surface area contributed by atoms with E-state index in [1.807, 2.05) is 0 Å². The van der Waals surface area contributed by atoms with Gasteiger partial charge in [-0.15, -0.1) is 0 Å². The van der Waals surface area contributed by atoms with Crippen LogP contribution in [0.5, 0.6) is 5.75 Å². The molecule has 3 nitrogen and oxygen atoms in total. The van der Waals surface area contributed by atoms with Gasteiger partial charge >= 0.3 is 0 Å². The van der Waals surface area contributed by atoms with E-state index in [2.05, 4.69) is 5.32 Å². The molecule has 0 bridgehead atoms. The van der Waals surface area contributed by atoms with Crippen molar-refractivity contribution in [3.8, 4) is 5.75 Å². The predicted molar refractivity (Wildman–Crippen MR) is 66.8 cm³/mol. The van der Waals surface area contributed by atoms with E-state index in [1.165, 1.54) is 12.1 Å². The third-order valence-corrected chi connectivity index (χ3v) is 2.89. The summed E-state index contributed by atoms with van der Waals surface area (Å²) in [4.78, 5) is 11.6. The van der Waals surface area contributed by atoms with Crippen LogP contribution in [0.15, 0.2) is 30.4 Å². The highest BCUT2D eigenvalue weighted by atomic mass is 19.1. The summed E-state index contributed by atoms with van der Waals surface area (Å²) in [5, 5.41) is 2.87. The van der Waals surface area contributed by atoms with Crippen LogP contribution in [0.3, 0.4) is 0 Å². The van der Waals surface area contributed by atoms with Crippen LogP contribution in [0.4, 0.5) is 4.39 Å². The SMILES string of the molecule is C/C=C/C(=O)NC1CCCOc2c(F)cccc21. The summed E-state index contributed by atoms with van der Waals surface area (Å²) in [6.45, 7) is 2.26. The first kappa shape index (κ1) is 12.6. The number of nitrogens with one attached hydrogen (secondary N) is 1. The Kier molecular flexibility index (Phi) is 3.97. The molecule has 0 aliphatic carbocycles. The minimum absolute atomic E-state index is 0.167. The molecule has 0 saturated heterocycles. The van der Waals surface area contributed by atoms with Gasteiger partial charge in [0.1, 0.15) is 0 Å². The molecular weight excluding hydrogens is 233 g/mol. The van der Waals surface area contributed by atoms with Gasteiger partial charge in [0.25, 0.3) is 0 Å². The molecule has 1 aliphatic heterocycles. The maximum atomic E-state index is 13.7. The Hall–Kier alpha value is -1.84. The van der Waals surface area contributed by atoms with E-state index in [0.717, 1.165) is 12.8 Å². The van der Waals surface area contributed by atoms with Crippen molar-refractivity contribution in [1.29, 1.82) is 0 Å². The summed E-state index contributed by atoms with van der Waals surface area (Å²) in [7, 11) is 0. The third kappa shape index (κ3) is 2.70. The molecule has 0 spiro atoms. The lowest BCUT2D eigenvalue weighted by atomic mass is 10.0. The molecule has 0 fully saturated rings. The van der Waals surface area contributed by atoms with Gasteiger partial charge in [-0.1, -0.05) is 18.2 Å². The van der Waals surface area contributed by atoms with Gasteiger partial charge in [-0.25, -0.2) is 4.39 Å². The second kappa shape index (κ2) is 5.67. The number of para-hydroxylation sites is 1. The summed E-state index contributed by atoms with van der Waals surface area (Å²) in [6, 6.07) is 4.61. The number of carbonyl (C=O) groups excluding carboxylic acids is 1. The molecule has 2 rings (SSSR count). The van der Waals surface area contributed by atoms with Gasteiger partial charge in [-0.3, -0.25) is 4.79 Å². The first-order valence-electron chi connectivity index (χ1n) is 6.06. The molecule has 1 unspecified atom stereocenters. The molecule has 1 N–H and O–H groups in total. The van der Waals surface area contributed by atoms with Gasteiger partial charge in [0.15, 0.2) is 11.6 Å². The maximum absolute atomic E-state index is 13.7. The fraction of sp³-hybridized carbons (Fsp3) is 0.357. The fourth-order valence-corrected chi connectivity index (χ4v) is 2.09. The van der Waals surface area contributed by atoms with Crippen molar-refractivity contribution in [1.82, 2.24) is 5.32 Å². The van der Waals surface area contributed by atoms with E-state index >= 15 is 0 Å². The topological polar surface area (TPSA) is 38.3 Å². The summed E-state index contributed by atoms with van der Waals surface area (Å²) < 4.78 is 19.1. The normalized spacial score (nSPS) is 18.9. The van der Waals surface area contributed by atoms with Crippen LogP contribution < -0.4 is 10.1 Å². The minimum Gasteiger partial charge on any atom is -0.490 e. The van der Waals surface area contributed by atoms with E-state index < -0.39 is 0 Å². The van der Waals surface area contributed by atoms with Crippen molar-refractivity contribution in [2.24, 2.45) is 0 Å². The lowest BCUT2D eigenvalue weighted by Gasteiger charge is -2.17. The number of fused-ring (bicyclic) bond motifs is 1. The molecule has 1 atom stereocenters. The highest BCUT2D eigenvalue weighted by molar-refractivity contribution is 5.87. The van der Waals surface area contributed by atoms with Gasteiger partial charge in [0, 0.05) is 5.56 Å². The Morgan fingerprint density at radius 3 is 3.17 bits per heavy atom. The average Bonchev–Trinajstić information content (AvgIpc) is 2.54. The molecular formula is C14H16FNO2. The zero-order valence-corrected chi connectivity index (χ0v) is 10.3. The monoisotopic (exact) mass is 249 g/mol. The number of carbonyl (C=O) groups is 1. The molecule has 1 aromatic carbocycles. The Morgan fingerprint density at radius 2 is 2.39 bits per heavy atom. The summed E-state index contributed by atoms with van der Waals surface area (Å²) in [5.74, 6) is -0.278. The van der Waals surface area contributed by atoms with Crippen LogP contribution in [0.25, 0.3) is 0 Å².